The maximum Gasteiger partial charge on any atom is 0.224 e. The molecule has 0 aliphatic carbocycles. The quantitative estimate of drug-likeness (QED) is 0.757. The number of nitrogens with one attached hydrogen (secondary N) is 1. The number of hydrogen-bond acceptors (Lipinski definition) is 4. The summed E-state index contributed by atoms with van der Waals surface area (Å²) in [5.74, 6) is 0.486. The van der Waals surface area contributed by atoms with E-state index in [0.29, 0.717) is 11.1 Å². The summed E-state index contributed by atoms with van der Waals surface area (Å²) in [5, 5.41) is 12.5. The van der Waals surface area contributed by atoms with E-state index in [1.165, 1.54) is 0 Å². The van der Waals surface area contributed by atoms with Crippen molar-refractivity contribution in [3.05, 3.63) is 16.9 Å². The lowest BCUT2D eigenvalue weighted by Gasteiger charge is -2.14. The highest BCUT2D eigenvalue weighted by Crippen LogP contribution is 2.12. The molecule has 0 aliphatic rings. The van der Waals surface area contributed by atoms with Crippen molar-refractivity contribution >= 4 is 17.5 Å². The minimum absolute atomic E-state index is 0.0202. The van der Waals surface area contributed by atoms with Gasteiger partial charge in [0.25, 0.3) is 0 Å². The Morgan fingerprint density at radius 3 is 2.73 bits per heavy atom. The summed E-state index contributed by atoms with van der Waals surface area (Å²) in [6, 6.07) is 1.72. The highest BCUT2D eigenvalue weighted by Gasteiger charge is 2.07. The normalized spacial score (nSPS) is 12.5. The molecule has 4 nitrogen and oxygen atoms in total. The van der Waals surface area contributed by atoms with E-state index in [2.05, 4.69) is 15.3 Å². The third-order valence-corrected chi connectivity index (χ3v) is 2.35. The van der Waals surface area contributed by atoms with Gasteiger partial charge in [-0.25, -0.2) is 9.97 Å². The third kappa shape index (κ3) is 3.64. The fraction of sp³-hybridized carbons (Fsp3) is 0.600. The number of anilines is 1. The Hall–Kier alpha value is -0.870. The van der Waals surface area contributed by atoms with Gasteiger partial charge >= 0.3 is 0 Å². The van der Waals surface area contributed by atoms with Gasteiger partial charge in [-0.3, -0.25) is 0 Å². The van der Waals surface area contributed by atoms with E-state index in [4.69, 9.17) is 16.7 Å². The molecule has 5 heteroatoms. The molecule has 0 spiro atoms. The number of aliphatic hydroxyl groups excluding tert-OH is 1. The SMILES string of the molecule is CCc1cc(Cl)nc(NC(CC)CO)n1. The van der Waals surface area contributed by atoms with Crippen molar-refractivity contribution in [1.82, 2.24) is 9.97 Å². The van der Waals surface area contributed by atoms with Gasteiger partial charge in [-0.2, -0.15) is 0 Å². The topological polar surface area (TPSA) is 58.0 Å². The molecule has 1 unspecified atom stereocenters. The molecular weight excluding hydrogens is 214 g/mol. The summed E-state index contributed by atoms with van der Waals surface area (Å²) in [4.78, 5) is 8.32. The second-order valence-corrected chi connectivity index (χ2v) is 3.68. The van der Waals surface area contributed by atoms with Crippen molar-refractivity contribution in [1.29, 1.82) is 0 Å². The molecule has 84 valence electrons. The molecule has 15 heavy (non-hydrogen) atoms. The predicted octanol–water partition coefficient (Wildman–Crippen LogP) is 1.88. The zero-order valence-corrected chi connectivity index (χ0v) is 9.75. The van der Waals surface area contributed by atoms with Crippen LogP contribution in [0.15, 0.2) is 6.07 Å². The minimum Gasteiger partial charge on any atom is -0.394 e. The lowest BCUT2D eigenvalue weighted by Crippen LogP contribution is -2.24. The Labute approximate surface area is 94.7 Å². The van der Waals surface area contributed by atoms with Crippen molar-refractivity contribution in [2.24, 2.45) is 0 Å². The molecule has 1 aromatic rings. The molecule has 1 heterocycles. The van der Waals surface area contributed by atoms with E-state index in [0.717, 1.165) is 18.5 Å². The first-order chi connectivity index (χ1) is 7.19. The van der Waals surface area contributed by atoms with E-state index >= 15 is 0 Å². The van der Waals surface area contributed by atoms with Gasteiger partial charge in [0.1, 0.15) is 5.15 Å². The minimum atomic E-state index is -0.0202. The second-order valence-electron chi connectivity index (χ2n) is 3.29. The molecule has 0 radical (unpaired) electrons. The third-order valence-electron chi connectivity index (χ3n) is 2.16. The summed E-state index contributed by atoms with van der Waals surface area (Å²) in [5.41, 5.74) is 0.894. The molecule has 1 atom stereocenters. The zero-order valence-electron chi connectivity index (χ0n) is 9.00. The smallest absolute Gasteiger partial charge is 0.224 e. The van der Waals surface area contributed by atoms with E-state index < -0.39 is 0 Å². The van der Waals surface area contributed by atoms with Gasteiger partial charge in [0.2, 0.25) is 5.95 Å². The van der Waals surface area contributed by atoms with Crippen LogP contribution in [0.3, 0.4) is 0 Å². The van der Waals surface area contributed by atoms with E-state index in [1.54, 1.807) is 6.07 Å². The van der Waals surface area contributed by atoms with Crippen LogP contribution >= 0.6 is 11.6 Å². The summed E-state index contributed by atoms with van der Waals surface area (Å²) in [7, 11) is 0. The van der Waals surface area contributed by atoms with Crippen LogP contribution in [0.1, 0.15) is 26.0 Å². The lowest BCUT2D eigenvalue weighted by molar-refractivity contribution is 0.271. The Bertz CT molecular complexity index is 316. The van der Waals surface area contributed by atoms with E-state index in [-0.39, 0.29) is 12.6 Å². The summed E-state index contributed by atoms with van der Waals surface area (Å²) >= 11 is 5.84. The van der Waals surface area contributed by atoms with Crippen LogP contribution in [0.2, 0.25) is 5.15 Å². The van der Waals surface area contributed by atoms with Crippen LogP contribution in [-0.2, 0) is 6.42 Å². The van der Waals surface area contributed by atoms with Gasteiger partial charge in [0.05, 0.1) is 12.6 Å². The van der Waals surface area contributed by atoms with E-state index in [9.17, 15) is 0 Å². The van der Waals surface area contributed by atoms with Crippen molar-refractivity contribution in [2.45, 2.75) is 32.7 Å². The van der Waals surface area contributed by atoms with Gasteiger partial charge in [-0.15, -0.1) is 0 Å². The van der Waals surface area contributed by atoms with Crippen molar-refractivity contribution in [3.63, 3.8) is 0 Å². The molecule has 0 amide bonds. The molecule has 0 aromatic carbocycles. The zero-order chi connectivity index (χ0) is 11.3. The van der Waals surface area contributed by atoms with Gasteiger partial charge in [-0.1, -0.05) is 25.4 Å². The highest BCUT2D eigenvalue weighted by molar-refractivity contribution is 6.29. The summed E-state index contributed by atoms with van der Waals surface area (Å²) < 4.78 is 0. The molecule has 1 aromatic heterocycles. The van der Waals surface area contributed by atoms with Gasteiger partial charge in [0.15, 0.2) is 0 Å². The van der Waals surface area contributed by atoms with E-state index in [1.807, 2.05) is 13.8 Å². The fourth-order valence-electron chi connectivity index (χ4n) is 1.17. The molecule has 0 fully saturated rings. The first-order valence-electron chi connectivity index (χ1n) is 5.10. The van der Waals surface area contributed by atoms with Gasteiger partial charge < -0.3 is 10.4 Å². The van der Waals surface area contributed by atoms with Gasteiger partial charge in [-0.05, 0) is 18.9 Å². The Balaban J connectivity index is 2.79. The molecule has 0 saturated carbocycles. The monoisotopic (exact) mass is 229 g/mol. The maximum absolute atomic E-state index is 9.03. The first-order valence-corrected chi connectivity index (χ1v) is 5.48. The number of aryl methyl sites for hydroxylation is 1. The molecule has 0 saturated heterocycles. The molecule has 2 N–H and O–H groups in total. The fourth-order valence-corrected chi connectivity index (χ4v) is 1.38. The highest BCUT2D eigenvalue weighted by atomic mass is 35.5. The summed E-state index contributed by atoms with van der Waals surface area (Å²) in [6.07, 6.45) is 1.63. The molecular formula is C10H16ClN3O. The van der Waals surface area contributed by atoms with Crippen molar-refractivity contribution < 1.29 is 5.11 Å². The Kier molecular flexibility index (Phi) is 4.78. The van der Waals surface area contributed by atoms with Crippen LogP contribution in [0.4, 0.5) is 5.95 Å². The Morgan fingerprint density at radius 1 is 1.47 bits per heavy atom. The number of hydrogen-bond donors (Lipinski definition) is 2. The Morgan fingerprint density at radius 2 is 2.20 bits per heavy atom. The number of nitrogens with zero attached hydrogens (tertiary/aromatic N) is 2. The second kappa shape index (κ2) is 5.88. The van der Waals surface area contributed by atoms with Crippen LogP contribution in [0, 0.1) is 0 Å². The van der Waals surface area contributed by atoms with Crippen LogP contribution in [0.5, 0.6) is 0 Å². The molecule has 1 rings (SSSR count). The number of rotatable bonds is 5. The molecule has 0 bridgehead atoms. The molecule has 0 aliphatic heterocycles. The average Bonchev–Trinajstić information content (AvgIpc) is 2.25. The average molecular weight is 230 g/mol. The number of aromatic nitrogens is 2. The number of halogens is 1. The van der Waals surface area contributed by atoms with Crippen LogP contribution in [0.25, 0.3) is 0 Å². The van der Waals surface area contributed by atoms with Crippen molar-refractivity contribution in [2.75, 3.05) is 11.9 Å². The lowest BCUT2D eigenvalue weighted by atomic mass is 10.2. The van der Waals surface area contributed by atoms with Crippen molar-refractivity contribution in [3.8, 4) is 0 Å². The van der Waals surface area contributed by atoms with Crippen LogP contribution < -0.4 is 5.32 Å². The maximum atomic E-state index is 9.03. The summed E-state index contributed by atoms with van der Waals surface area (Å²) in [6.45, 7) is 4.05. The predicted molar refractivity (Wildman–Crippen MR) is 61.2 cm³/mol. The largest absolute Gasteiger partial charge is 0.394 e. The van der Waals surface area contributed by atoms with Gasteiger partial charge in [0, 0.05) is 5.69 Å². The first kappa shape index (κ1) is 12.2. The standard InChI is InChI=1S/C10H16ClN3O/c1-3-7-5-9(11)14-10(12-7)13-8(4-2)6-15/h5,8,15H,3-4,6H2,1-2H3,(H,12,13,14). The van der Waals surface area contributed by atoms with Crippen LogP contribution in [-0.4, -0.2) is 27.7 Å². The number of aliphatic hydroxyl groups is 1.